The van der Waals surface area contributed by atoms with Gasteiger partial charge in [0.2, 0.25) is 0 Å². The van der Waals surface area contributed by atoms with Crippen molar-refractivity contribution < 1.29 is 0 Å². The summed E-state index contributed by atoms with van der Waals surface area (Å²) in [4.78, 5) is 4.90. The molecule has 1 fully saturated rings. The number of benzene rings is 1. The van der Waals surface area contributed by atoms with E-state index in [0.29, 0.717) is 6.04 Å². The van der Waals surface area contributed by atoms with Gasteiger partial charge < -0.3 is 9.88 Å². The van der Waals surface area contributed by atoms with Crippen molar-refractivity contribution in [1.82, 2.24) is 14.9 Å². The minimum absolute atomic E-state index is 0.606. The van der Waals surface area contributed by atoms with Crippen LogP contribution in [-0.2, 0) is 19.9 Å². The number of aryl methyl sites for hydroxylation is 2. The van der Waals surface area contributed by atoms with Gasteiger partial charge in [-0.1, -0.05) is 25.5 Å². The van der Waals surface area contributed by atoms with Crippen LogP contribution in [0.3, 0.4) is 0 Å². The standard InChI is InChI=1S/C16H23N3/c1-3-12-7-6-9-14-16(12)18-15(19(14)2)11-13-8-4-5-10-17-13/h6-7,9,13,17H,3-5,8,10-11H2,1-2H3. The third-order valence-electron chi connectivity index (χ3n) is 4.31. The Bertz CT molecular complexity index is 565. The van der Waals surface area contributed by atoms with E-state index in [-0.39, 0.29) is 0 Å². The minimum Gasteiger partial charge on any atom is -0.331 e. The molecule has 2 aromatic rings. The third-order valence-corrected chi connectivity index (χ3v) is 4.31. The second-order valence-electron chi connectivity index (χ2n) is 5.58. The summed E-state index contributed by atoms with van der Waals surface area (Å²) in [6, 6.07) is 7.12. The lowest BCUT2D eigenvalue weighted by molar-refractivity contribution is 0.392. The van der Waals surface area contributed by atoms with Crippen molar-refractivity contribution in [2.45, 2.75) is 45.1 Å². The van der Waals surface area contributed by atoms with Crippen LogP contribution < -0.4 is 5.32 Å². The highest BCUT2D eigenvalue weighted by atomic mass is 15.1. The number of piperidine rings is 1. The summed E-state index contributed by atoms with van der Waals surface area (Å²) in [5.41, 5.74) is 3.82. The maximum Gasteiger partial charge on any atom is 0.111 e. The molecule has 3 nitrogen and oxygen atoms in total. The zero-order chi connectivity index (χ0) is 13.2. The molecule has 0 spiro atoms. The Hall–Kier alpha value is -1.35. The number of para-hydroxylation sites is 1. The molecule has 0 aliphatic carbocycles. The highest BCUT2D eigenvalue weighted by molar-refractivity contribution is 5.79. The SMILES string of the molecule is CCc1cccc2c1nc(CC1CCCCN1)n2C. The van der Waals surface area contributed by atoms with Crippen LogP contribution in [0.15, 0.2) is 18.2 Å². The lowest BCUT2D eigenvalue weighted by Crippen LogP contribution is -2.36. The van der Waals surface area contributed by atoms with Crippen LogP contribution in [0.4, 0.5) is 0 Å². The largest absolute Gasteiger partial charge is 0.331 e. The van der Waals surface area contributed by atoms with Crippen LogP contribution in [0, 0.1) is 0 Å². The summed E-state index contributed by atoms with van der Waals surface area (Å²) in [5.74, 6) is 1.22. The highest BCUT2D eigenvalue weighted by Crippen LogP contribution is 2.21. The van der Waals surface area contributed by atoms with Crippen molar-refractivity contribution in [3.8, 4) is 0 Å². The Labute approximate surface area is 115 Å². The average molecular weight is 257 g/mol. The number of nitrogens with one attached hydrogen (secondary N) is 1. The van der Waals surface area contributed by atoms with Gasteiger partial charge in [0.1, 0.15) is 5.82 Å². The monoisotopic (exact) mass is 257 g/mol. The Morgan fingerprint density at radius 1 is 1.37 bits per heavy atom. The maximum absolute atomic E-state index is 4.90. The van der Waals surface area contributed by atoms with E-state index in [1.165, 1.54) is 41.7 Å². The van der Waals surface area contributed by atoms with E-state index in [2.05, 4.69) is 42.1 Å². The number of nitrogens with zero attached hydrogens (tertiary/aromatic N) is 2. The normalized spacial score (nSPS) is 20.0. The maximum atomic E-state index is 4.90. The number of rotatable bonds is 3. The molecule has 1 unspecified atom stereocenters. The lowest BCUT2D eigenvalue weighted by Gasteiger charge is -2.22. The highest BCUT2D eigenvalue weighted by Gasteiger charge is 2.17. The topological polar surface area (TPSA) is 29.9 Å². The molecule has 3 heteroatoms. The van der Waals surface area contributed by atoms with Crippen LogP contribution in [0.2, 0.25) is 0 Å². The van der Waals surface area contributed by atoms with Gasteiger partial charge in [-0.25, -0.2) is 4.98 Å². The second kappa shape index (κ2) is 5.33. The lowest BCUT2D eigenvalue weighted by atomic mass is 10.0. The number of fused-ring (bicyclic) bond motifs is 1. The van der Waals surface area contributed by atoms with E-state index in [9.17, 15) is 0 Å². The van der Waals surface area contributed by atoms with Crippen molar-refractivity contribution >= 4 is 11.0 Å². The first-order valence-corrected chi connectivity index (χ1v) is 7.46. The van der Waals surface area contributed by atoms with Crippen LogP contribution in [-0.4, -0.2) is 22.1 Å². The predicted molar refractivity (Wildman–Crippen MR) is 79.4 cm³/mol. The van der Waals surface area contributed by atoms with E-state index in [1.807, 2.05) is 0 Å². The van der Waals surface area contributed by atoms with Gasteiger partial charge in [-0.15, -0.1) is 0 Å². The van der Waals surface area contributed by atoms with Gasteiger partial charge >= 0.3 is 0 Å². The summed E-state index contributed by atoms with van der Waals surface area (Å²) in [6.45, 7) is 3.36. The van der Waals surface area contributed by atoms with Crippen LogP contribution in [0.5, 0.6) is 0 Å². The van der Waals surface area contributed by atoms with Crippen molar-refractivity contribution in [1.29, 1.82) is 0 Å². The first kappa shape index (κ1) is 12.7. The molecule has 0 amide bonds. The van der Waals surface area contributed by atoms with E-state index in [4.69, 9.17) is 4.98 Å². The zero-order valence-corrected chi connectivity index (χ0v) is 11.9. The van der Waals surface area contributed by atoms with Gasteiger partial charge in [-0.05, 0) is 37.4 Å². The molecule has 1 aromatic heterocycles. The fourth-order valence-electron chi connectivity index (χ4n) is 3.11. The molecule has 0 bridgehead atoms. The summed E-state index contributed by atoms with van der Waals surface area (Å²) in [5, 5.41) is 3.61. The van der Waals surface area contributed by atoms with Crippen LogP contribution in [0.25, 0.3) is 11.0 Å². The van der Waals surface area contributed by atoms with Crippen molar-refractivity contribution in [2.24, 2.45) is 7.05 Å². The number of aromatic nitrogens is 2. The Kier molecular flexibility index (Phi) is 3.56. The fourth-order valence-corrected chi connectivity index (χ4v) is 3.11. The molecule has 1 N–H and O–H groups in total. The molecule has 1 atom stereocenters. The number of hydrogen-bond donors (Lipinski definition) is 1. The quantitative estimate of drug-likeness (QED) is 0.916. The molecule has 2 heterocycles. The molecule has 1 saturated heterocycles. The first-order valence-electron chi connectivity index (χ1n) is 7.46. The third kappa shape index (κ3) is 2.39. The van der Waals surface area contributed by atoms with Crippen molar-refractivity contribution in [3.63, 3.8) is 0 Å². The molecule has 19 heavy (non-hydrogen) atoms. The number of imidazole rings is 1. The van der Waals surface area contributed by atoms with Crippen LogP contribution in [0.1, 0.15) is 37.6 Å². The van der Waals surface area contributed by atoms with E-state index >= 15 is 0 Å². The van der Waals surface area contributed by atoms with Gasteiger partial charge in [0.25, 0.3) is 0 Å². The molecule has 1 aliphatic heterocycles. The number of hydrogen-bond acceptors (Lipinski definition) is 2. The Balaban J connectivity index is 1.93. The minimum atomic E-state index is 0.606. The second-order valence-corrected chi connectivity index (χ2v) is 5.58. The van der Waals surface area contributed by atoms with Crippen LogP contribution >= 0.6 is 0 Å². The van der Waals surface area contributed by atoms with E-state index < -0.39 is 0 Å². The molecule has 0 saturated carbocycles. The average Bonchev–Trinajstić information content (AvgIpc) is 2.77. The first-order chi connectivity index (χ1) is 9.29. The molecule has 3 rings (SSSR count). The van der Waals surface area contributed by atoms with Gasteiger partial charge in [-0.2, -0.15) is 0 Å². The molecular weight excluding hydrogens is 234 g/mol. The molecule has 102 valence electrons. The summed E-state index contributed by atoms with van der Waals surface area (Å²) in [7, 11) is 2.15. The molecule has 1 aliphatic rings. The fraction of sp³-hybridized carbons (Fsp3) is 0.562. The molecule has 0 radical (unpaired) electrons. The van der Waals surface area contributed by atoms with Crippen molar-refractivity contribution in [3.05, 3.63) is 29.6 Å². The van der Waals surface area contributed by atoms with Gasteiger partial charge in [0.15, 0.2) is 0 Å². The van der Waals surface area contributed by atoms with Gasteiger partial charge in [0, 0.05) is 19.5 Å². The molecular formula is C16H23N3. The van der Waals surface area contributed by atoms with E-state index in [0.717, 1.165) is 19.4 Å². The summed E-state index contributed by atoms with van der Waals surface area (Å²) >= 11 is 0. The molecule has 1 aromatic carbocycles. The summed E-state index contributed by atoms with van der Waals surface area (Å²) in [6.07, 6.45) is 6.05. The Morgan fingerprint density at radius 3 is 3.00 bits per heavy atom. The predicted octanol–water partition coefficient (Wildman–Crippen LogP) is 2.82. The van der Waals surface area contributed by atoms with Gasteiger partial charge in [-0.3, -0.25) is 0 Å². The Morgan fingerprint density at radius 2 is 2.26 bits per heavy atom. The summed E-state index contributed by atoms with van der Waals surface area (Å²) < 4.78 is 2.27. The zero-order valence-electron chi connectivity index (χ0n) is 11.9. The smallest absolute Gasteiger partial charge is 0.111 e. The van der Waals surface area contributed by atoms with E-state index in [1.54, 1.807) is 0 Å². The van der Waals surface area contributed by atoms with Gasteiger partial charge in [0.05, 0.1) is 11.0 Å². The van der Waals surface area contributed by atoms with Crippen molar-refractivity contribution in [2.75, 3.05) is 6.54 Å².